The molecule has 0 bridgehead atoms. The van der Waals surface area contributed by atoms with Gasteiger partial charge in [0.05, 0.1) is 17.1 Å². The molecule has 1 heterocycles. The summed E-state index contributed by atoms with van der Waals surface area (Å²) in [5, 5.41) is 6.80. The normalized spacial score (nSPS) is 10.7. The summed E-state index contributed by atoms with van der Waals surface area (Å²) in [4.78, 5) is 11.9. The zero-order valence-electron chi connectivity index (χ0n) is 12.1. The Bertz CT molecular complexity index is 663. The molecule has 112 valence electrons. The number of rotatable bonds is 4. The Balaban J connectivity index is 2.04. The zero-order chi connectivity index (χ0) is 15.6. The summed E-state index contributed by atoms with van der Waals surface area (Å²) in [7, 11) is 0. The van der Waals surface area contributed by atoms with Gasteiger partial charge in [0.1, 0.15) is 11.6 Å². The fraction of sp³-hybridized carbons (Fsp3) is 0.333. The Kier molecular flexibility index (Phi) is 4.63. The van der Waals surface area contributed by atoms with Gasteiger partial charge in [-0.1, -0.05) is 22.8 Å². The number of carbonyl (C=O) groups is 1. The Morgan fingerprint density at radius 3 is 2.67 bits per heavy atom. The molecule has 0 aliphatic carbocycles. The predicted octanol–water partition coefficient (Wildman–Crippen LogP) is 3.25. The molecular formula is C15H16ClFN2O2. The van der Waals surface area contributed by atoms with Crippen molar-refractivity contribution in [3.63, 3.8) is 0 Å². The van der Waals surface area contributed by atoms with E-state index in [2.05, 4.69) is 10.5 Å². The Morgan fingerprint density at radius 1 is 1.33 bits per heavy atom. The molecular weight excluding hydrogens is 295 g/mol. The second-order valence-corrected chi connectivity index (χ2v) is 5.29. The molecule has 1 amide bonds. The molecule has 0 saturated heterocycles. The van der Waals surface area contributed by atoms with Gasteiger partial charge in [0.2, 0.25) is 5.91 Å². The highest BCUT2D eigenvalue weighted by atomic mass is 35.5. The van der Waals surface area contributed by atoms with Crippen LogP contribution in [0.15, 0.2) is 16.7 Å². The van der Waals surface area contributed by atoms with Crippen LogP contribution in [0.3, 0.4) is 0 Å². The van der Waals surface area contributed by atoms with E-state index in [9.17, 15) is 9.18 Å². The van der Waals surface area contributed by atoms with Crippen LogP contribution in [-0.4, -0.2) is 11.1 Å². The number of hydrogen-bond donors (Lipinski definition) is 1. The summed E-state index contributed by atoms with van der Waals surface area (Å²) in [5.41, 5.74) is 2.50. The minimum atomic E-state index is -0.428. The van der Waals surface area contributed by atoms with E-state index in [4.69, 9.17) is 16.1 Å². The summed E-state index contributed by atoms with van der Waals surface area (Å²) in [6.07, 6.45) is 0.145. The number of hydrogen-bond acceptors (Lipinski definition) is 3. The molecule has 0 aliphatic heterocycles. The molecule has 2 rings (SSSR count). The van der Waals surface area contributed by atoms with Gasteiger partial charge in [-0.3, -0.25) is 4.79 Å². The van der Waals surface area contributed by atoms with Crippen molar-refractivity contribution in [2.45, 2.75) is 33.7 Å². The molecule has 0 unspecified atom stereocenters. The van der Waals surface area contributed by atoms with Gasteiger partial charge in [0, 0.05) is 17.7 Å². The Morgan fingerprint density at radius 2 is 2.05 bits per heavy atom. The first kappa shape index (κ1) is 15.5. The average Bonchev–Trinajstić information content (AvgIpc) is 2.75. The van der Waals surface area contributed by atoms with Crippen molar-refractivity contribution in [2.75, 3.05) is 0 Å². The Labute approximate surface area is 127 Å². The third kappa shape index (κ3) is 3.42. The minimum absolute atomic E-state index is 0.0502. The molecule has 1 N–H and O–H groups in total. The molecule has 21 heavy (non-hydrogen) atoms. The van der Waals surface area contributed by atoms with Crippen LogP contribution in [0.5, 0.6) is 0 Å². The largest absolute Gasteiger partial charge is 0.361 e. The number of nitrogens with one attached hydrogen (secondary N) is 1. The molecule has 0 aliphatic rings. The number of carbonyl (C=O) groups excluding carboxylic acids is 1. The van der Waals surface area contributed by atoms with Crippen LogP contribution < -0.4 is 5.32 Å². The van der Waals surface area contributed by atoms with E-state index in [1.807, 2.05) is 0 Å². The molecule has 0 fully saturated rings. The smallest absolute Gasteiger partial charge is 0.224 e. The second-order valence-electron chi connectivity index (χ2n) is 4.91. The molecule has 4 nitrogen and oxygen atoms in total. The van der Waals surface area contributed by atoms with Gasteiger partial charge in [0.15, 0.2) is 0 Å². The first-order valence-electron chi connectivity index (χ1n) is 6.52. The number of aryl methyl sites for hydroxylation is 3. The van der Waals surface area contributed by atoms with Crippen LogP contribution in [0.25, 0.3) is 0 Å². The minimum Gasteiger partial charge on any atom is -0.361 e. The van der Waals surface area contributed by atoms with Crippen LogP contribution in [0, 0.1) is 26.6 Å². The SMILES string of the molecule is Cc1ccc(F)c(CNC(=O)Cc2c(C)noc2C)c1Cl. The van der Waals surface area contributed by atoms with Crippen molar-refractivity contribution in [1.29, 1.82) is 0 Å². The van der Waals surface area contributed by atoms with E-state index >= 15 is 0 Å². The maximum atomic E-state index is 13.7. The van der Waals surface area contributed by atoms with Gasteiger partial charge < -0.3 is 9.84 Å². The van der Waals surface area contributed by atoms with Crippen LogP contribution >= 0.6 is 11.6 Å². The van der Waals surface area contributed by atoms with E-state index in [-0.39, 0.29) is 18.9 Å². The molecule has 6 heteroatoms. The molecule has 0 spiro atoms. The number of aromatic nitrogens is 1. The van der Waals surface area contributed by atoms with E-state index < -0.39 is 5.82 Å². The van der Waals surface area contributed by atoms with Gasteiger partial charge in [-0.05, 0) is 32.4 Å². The molecule has 0 radical (unpaired) electrons. The van der Waals surface area contributed by atoms with Crippen molar-refractivity contribution in [2.24, 2.45) is 0 Å². The van der Waals surface area contributed by atoms with Crippen molar-refractivity contribution in [1.82, 2.24) is 10.5 Å². The number of amides is 1. The highest BCUT2D eigenvalue weighted by molar-refractivity contribution is 6.32. The second kappa shape index (κ2) is 6.26. The molecule has 0 saturated carbocycles. The lowest BCUT2D eigenvalue weighted by Gasteiger charge is -2.10. The third-order valence-corrected chi connectivity index (χ3v) is 3.89. The summed E-state index contributed by atoms with van der Waals surface area (Å²) in [6.45, 7) is 5.36. The van der Waals surface area contributed by atoms with Crippen molar-refractivity contribution in [3.05, 3.63) is 51.1 Å². The summed E-state index contributed by atoms with van der Waals surface area (Å²) in [6, 6.07) is 2.95. The van der Waals surface area contributed by atoms with Crippen molar-refractivity contribution < 1.29 is 13.7 Å². The van der Waals surface area contributed by atoms with Gasteiger partial charge in [0.25, 0.3) is 0 Å². The van der Waals surface area contributed by atoms with Crippen LogP contribution in [0.4, 0.5) is 4.39 Å². The first-order chi connectivity index (χ1) is 9.90. The van der Waals surface area contributed by atoms with Gasteiger partial charge in [-0.15, -0.1) is 0 Å². The maximum Gasteiger partial charge on any atom is 0.224 e. The number of benzene rings is 1. The topological polar surface area (TPSA) is 55.1 Å². The predicted molar refractivity (Wildman–Crippen MR) is 77.7 cm³/mol. The van der Waals surface area contributed by atoms with E-state index in [1.54, 1.807) is 26.8 Å². The summed E-state index contributed by atoms with van der Waals surface area (Å²) >= 11 is 6.06. The monoisotopic (exact) mass is 310 g/mol. The lowest BCUT2D eigenvalue weighted by atomic mass is 10.1. The van der Waals surface area contributed by atoms with E-state index in [1.165, 1.54) is 6.07 Å². The average molecular weight is 311 g/mol. The molecule has 0 atom stereocenters. The van der Waals surface area contributed by atoms with Crippen molar-refractivity contribution >= 4 is 17.5 Å². The highest BCUT2D eigenvalue weighted by Gasteiger charge is 2.15. The molecule has 2 aromatic rings. The fourth-order valence-corrected chi connectivity index (χ4v) is 2.26. The van der Waals surface area contributed by atoms with Crippen LogP contribution in [0.1, 0.15) is 28.1 Å². The molecule has 1 aromatic carbocycles. The third-order valence-electron chi connectivity index (χ3n) is 3.36. The highest BCUT2D eigenvalue weighted by Crippen LogP contribution is 2.23. The maximum absolute atomic E-state index is 13.7. The zero-order valence-corrected chi connectivity index (χ0v) is 12.8. The van der Waals surface area contributed by atoms with E-state index in [0.29, 0.717) is 22.0 Å². The lowest BCUT2D eigenvalue weighted by Crippen LogP contribution is -2.25. The summed E-state index contributed by atoms with van der Waals surface area (Å²) < 4.78 is 18.7. The number of nitrogens with zero attached hydrogens (tertiary/aromatic N) is 1. The Hall–Kier alpha value is -1.88. The van der Waals surface area contributed by atoms with Gasteiger partial charge in [-0.2, -0.15) is 0 Å². The first-order valence-corrected chi connectivity index (χ1v) is 6.90. The van der Waals surface area contributed by atoms with Crippen LogP contribution in [-0.2, 0) is 17.8 Å². The molecule has 1 aromatic heterocycles. The fourth-order valence-electron chi connectivity index (χ4n) is 2.04. The van der Waals surface area contributed by atoms with Crippen molar-refractivity contribution in [3.8, 4) is 0 Å². The number of halogens is 2. The van der Waals surface area contributed by atoms with E-state index in [0.717, 1.165) is 11.1 Å². The quantitative estimate of drug-likeness (QED) is 0.943. The van der Waals surface area contributed by atoms with Gasteiger partial charge in [-0.25, -0.2) is 4.39 Å². The summed E-state index contributed by atoms with van der Waals surface area (Å²) in [5.74, 6) is -0.0490. The lowest BCUT2D eigenvalue weighted by molar-refractivity contribution is -0.120. The van der Waals surface area contributed by atoms with Crippen LogP contribution in [0.2, 0.25) is 5.02 Å². The standard InChI is InChI=1S/C15H16ClFN2O2/c1-8-4-5-13(17)12(15(8)16)7-18-14(20)6-11-9(2)19-21-10(11)3/h4-5H,6-7H2,1-3H3,(H,18,20). The van der Waals surface area contributed by atoms with Gasteiger partial charge >= 0.3 is 0 Å².